The second-order valence-corrected chi connectivity index (χ2v) is 2.38. The molecule has 0 bridgehead atoms. The van der Waals surface area contributed by atoms with Crippen LogP contribution in [0, 0.1) is 0 Å². The van der Waals surface area contributed by atoms with E-state index in [1.807, 2.05) is 30.3 Å². The van der Waals surface area contributed by atoms with Gasteiger partial charge in [0.15, 0.2) is 5.75 Å². The first-order valence-corrected chi connectivity index (χ1v) is 3.81. The van der Waals surface area contributed by atoms with Gasteiger partial charge in [0.05, 0.1) is 0 Å². The maximum absolute atomic E-state index is 8.49. The monoisotopic (exact) mass is 141 g/mol. The van der Waals surface area contributed by atoms with Gasteiger partial charge in [0.2, 0.25) is 0 Å². The van der Waals surface area contributed by atoms with E-state index in [0.717, 1.165) is 5.75 Å². The molecule has 0 saturated heterocycles. The zero-order valence-corrected chi connectivity index (χ0v) is 5.88. The lowest BCUT2D eigenvalue weighted by atomic mass is 10.2. The topological polar surface area (TPSA) is 20.2 Å². The van der Waals surface area contributed by atoms with Gasteiger partial charge in [-0.2, -0.15) is 4.55 Å². The van der Waals surface area contributed by atoms with Crippen molar-refractivity contribution in [1.82, 2.24) is 0 Å². The molecule has 9 heavy (non-hydrogen) atoms. The summed E-state index contributed by atoms with van der Waals surface area (Å²) < 4.78 is 8.49. The normalized spacial score (nSPS) is 9.44. The maximum Gasteiger partial charge on any atom is 0.163 e. The Balaban J connectivity index is 2.61. The predicted molar refractivity (Wildman–Crippen MR) is 41.5 cm³/mol. The van der Waals surface area contributed by atoms with Crippen LogP contribution in [0.2, 0.25) is 0 Å². The SMILES string of the molecule is O[SH+]Cc1ccccc1. The van der Waals surface area contributed by atoms with E-state index in [1.165, 1.54) is 5.56 Å². The third-order valence-electron chi connectivity index (χ3n) is 1.10. The molecule has 0 aromatic heterocycles. The zero-order chi connectivity index (χ0) is 6.53. The van der Waals surface area contributed by atoms with E-state index in [1.54, 1.807) is 0 Å². The fourth-order valence-electron chi connectivity index (χ4n) is 0.665. The Hall–Kier alpha value is -0.470. The highest BCUT2D eigenvalue weighted by Gasteiger charge is 1.92. The predicted octanol–water partition coefficient (Wildman–Crippen LogP) is 1.47. The highest BCUT2D eigenvalue weighted by atomic mass is 32.2. The summed E-state index contributed by atoms with van der Waals surface area (Å²) in [5, 5.41) is 0. The van der Waals surface area contributed by atoms with Crippen molar-refractivity contribution in [2.75, 3.05) is 0 Å². The van der Waals surface area contributed by atoms with Gasteiger partial charge in [0.25, 0.3) is 0 Å². The molecule has 0 radical (unpaired) electrons. The Morgan fingerprint density at radius 1 is 1.22 bits per heavy atom. The van der Waals surface area contributed by atoms with Crippen LogP contribution in [0.1, 0.15) is 5.56 Å². The van der Waals surface area contributed by atoms with Crippen molar-refractivity contribution in [2.45, 2.75) is 5.75 Å². The molecule has 0 unspecified atom stereocenters. The van der Waals surface area contributed by atoms with Crippen molar-refractivity contribution in [3.8, 4) is 0 Å². The van der Waals surface area contributed by atoms with E-state index in [9.17, 15) is 0 Å². The first-order chi connectivity index (χ1) is 4.43. The molecule has 1 N–H and O–H groups in total. The Morgan fingerprint density at radius 2 is 1.89 bits per heavy atom. The van der Waals surface area contributed by atoms with Gasteiger partial charge in [-0.3, -0.25) is 0 Å². The second-order valence-electron chi connectivity index (χ2n) is 1.79. The van der Waals surface area contributed by atoms with Crippen LogP contribution in [0.15, 0.2) is 30.3 Å². The summed E-state index contributed by atoms with van der Waals surface area (Å²) in [6.07, 6.45) is 0. The summed E-state index contributed by atoms with van der Waals surface area (Å²) >= 11 is 0.445. The molecule has 0 atom stereocenters. The van der Waals surface area contributed by atoms with E-state index in [4.69, 9.17) is 4.55 Å². The summed E-state index contributed by atoms with van der Waals surface area (Å²) in [6.45, 7) is 0. The second kappa shape index (κ2) is 3.54. The van der Waals surface area contributed by atoms with E-state index < -0.39 is 0 Å². The van der Waals surface area contributed by atoms with Crippen molar-refractivity contribution in [1.29, 1.82) is 0 Å². The minimum atomic E-state index is 0.445. The van der Waals surface area contributed by atoms with Gasteiger partial charge in [0.1, 0.15) is 12.0 Å². The summed E-state index contributed by atoms with van der Waals surface area (Å²) in [5.41, 5.74) is 1.18. The van der Waals surface area contributed by atoms with Gasteiger partial charge in [-0.15, -0.1) is 0 Å². The van der Waals surface area contributed by atoms with Crippen molar-refractivity contribution < 1.29 is 4.55 Å². The summed E-state index contributed by atoms with van der Waals surface area (Å²) in [4.78, 5) is 0. The number of benzene rings is 1. The van der Waals surface area contributed by atoms with Crippen molar-refractivity contribution in [2.24, 2.45) is 0 Å². The molecule has 48 valence electrons. The highest BCUT2D eigenvalue weighted by molar-refractivity contribution is 7.71. The molecule has 0 fully saturated rings. The Bertz CT molecular complexity index is 162. The first-order valence-electron chi connectivity index (χ1n) is 2.78. The third-order valence-corrected chi connectivity index (χ3v) is 1.60. The molecular weight excluding hydrogens is 132 g/mol. The van der Waals surface area contributed by atoms with Crippen molar-refractivity contribution in [3.05, 3.63) is 35.9 Å². The number of hydrogen-bond donors (Lipinski definition) is 1. The van der Waals surface area contributed by atoms with Crippen LogP contribution in [0.5, 0.6) is 0 Å². The third kappa shape index (κ3) is 2.08. The molecule has 1 aromatic carbocycles. The summed E-state index contributed by atoms with van der Waals surface area (Å²) in [5.74, 6) is 0.737. The van der Waals surface area contributed by atoms with E-state index in [2.05, 4.69) is 0 Å². The number of thiol groups is 1. The quantitative estimate of drug-likeness (QED) is 0.488. The van der Waals surface area contributed by atoms with E-state index >= 15 is 0 Å². The van der Waals surface area contributed by atoms with E-state index in [-0.39, 0.29) is 0 Å². The lowest BCUT2D eigenvalue weighted by molar-refractivity contribution is 0.657. The van der Waals surface area contributed by atoms with Crippen molar-refractivity contribution >= 4 is 12.0 Å². The standard InChI is InChI=1S/C7H8OS/c8-9-6-7-4-2-1-3-5-7/h1-5,8H,6H2/p+1. The molecule has 0 saturated carbocycles. The summed E-state index contributed by atoms with van der Waals surface area (Å²) in [6, 6.07) is 9.92. The van der Waals surface area contributed by atoms with Gasteiger partial charge in [0, 0.05) is 5.56 Å². The smallest absolute Gasteiger partial charge is 0.163 e. The van der Waals surface area contributed by atoms with Crippen LogP contribution >= 0.6 is 0 Å². The van der Waals surface area contributed by atoms with Gasteiger partial charge in [-0.25, -0.2) is 0 Å². The van der Waals surface area contributed by atoms with Gasteiger partial charge < -0.3 is 0 Å². The van der Waals surface area contributed by atoms with E-state index in [0.29, 0.717) is 12.0 Å². The molecule has 2 heteroatoms. The molecule has 0 spiro atoms. The molecular formula is C7H9OS+. The van der Waals surface area contributed by atoms with Crippen LogP contribution < -0.4 is 0 Å². The number of rotatable bonds is 2. The minimum Gasteiger partial charge on any atom is -0.190 e. The van der Waals surface area contributed by atoms with Crippen LogP contribution in [-0.4, -0.2) is 4.55 Å². The average Bonchev–Trinajstić information content (AvgIpc) is 1.91. The molecule has 0 aliphatic heterocycles. The van der Waals surface area contributed by atoms with Crippen molar-refractivity contribution in [3.63, 3.8) is 0 Å². The number of hydrogen-bond acceptors (Lipinski definition) is 1. The zero-order valence-electron chi connectivity index (χ0n) is 4.99. The van der Waals surface area contributed by atoms with Gasteiger partial charge in [-0.1, -0.05) is 30.3 Å². The largest absolute Gasteiger partial charge is 0.190 e. The average molecular weight is 141 g/mol. The Kier molecular flexibility index (Phi) is 2.61. The molecule has 0 aliphatic carbocycles. The Morgan fingerprint density at radius 3 is 2.44 bits per heavy atom. The molecule has 1 rings (SSSR count). The molecule has 0 amide bonds. The first kappa shape index (κ1) is 6.65. The maximum atomic E-state index is 8.49. The van der Waals surface area contributed by atoms with Gasteiger partial charge in [-0.05, 0) is 0 Å². The molecule has 0 aliphatic rings. The fraction of sp³-hybridized carbons (Fsp3) is 0.143. The van der Waals surface area contributed by atoms with Crippen LogP contribution in [0.3, 0.4) is 0 Å². The Labute approximate surface area is 58.9 Å². The fourth-order valence-corrected chi connectivity index (χ4v) is 1.04. The lowest BCUT2D eigenvalue weighted by Crippen LogP contribution is -1.83. The van der Waals surface area contributed by atoms with Crippen LogP contribution in [-0.2, 0) is 17.8 Å². The van der Waals surface area contributed by atoms with Crippen LogP contribution in [0.4, 0.5) is 0 Å². The highest BCUT2D eigenvalue weighted by Crippen LogP contribution is 1.98. The lowest BCUT2D eigenvalue weighted by Gasteiger charge is -1.87. The molecule has 1 nitrogen and oxygen atoms in total. The summed E-state index contributed by atoms with van der Waals surface area (Å²) in [7, 11) is 0. The van der Waals surface area contributed by atoms with Crippen LogP contribution in [0.25, 0.3) is 0 Å². The molecule has 1 aromatic rings. The molecule has 0 heterocycles. The minimum absolute atomic E-state index is 0.445. The van der Waals surface area contributed by atoms with Gasteiger partial charge >= 0.3 is 0 Å².